The van der Waals surface area contributed by atoms with Crippen molar-refractivity contribution in [2.45, 2.75) is 13.8 Å². The summed E-state index contributed by atoms with van der Waals surface area (Å²) in [4.78, 5) is 48.2. The maximum Gasteiger partial charge on any atom is 0.339 e. The van der Waals surface area contributed by atoms with Gasteiger partial charge in [-0.3, -0.25) is 9.59 Å². The van der Waals surface area contributed by atoms with Crippen molar-refractivity contribution in [3.8, 4) is 0 Å². The Morgan fingerprint density at radius 3 is 2.15 bits per heavy atom. The molecule has 2 aromatic rings. The summed E-state index contributed by atoms with van der Waals surface area (Å²) < 4.78 is 4.66. The third-order valence-electron chi connectivity index (χ3n) is 3.85. The van der Waals surface area contributed by atoms with Gasteiger partial charge in [0.1, 0.15) is 0 Å². The maximum atomic E-state index is 12.4. The quantitative estimate of drug-likeness (QED) is 0.630. The standard InChI is InChI=1S/C19H17NO6/c1-10-13(11(2)21)9-14(16(18(23)24)15(10)19(25)26-3)20-17(22)12-7-5-4-6-8-12/h4-9H,1-3H3,(H,20,22)(H,23,24). The van der Waals surface area contributed by atoms with Gasteiger partial charge in [0.15, 0.2) is 5.78 Å². The second-order valence-electron chi connectivity index (χ2n) is 5.52. The van der Waals surface area contributed by atoms with Crippen LogP contribution in [-0.2, 0) is 4.74 Å². The van der Waals surface area contributed by atoms with Gasteiger partial charge in [-0.05, 0) is 37.6 Å². The number of rotatable bonds is 5. The van der Waals surface area contributed by atoms with Crippen LogP contribution in [-0.4, -0.2) is 35.8 Å². The van der Waals surface area contributed by atoms with Crippen LogP contribution in [0.5, 0.6) is 0 Å². The van der Waals surface area contributed by atoms with Crippen LogP contribution < -0.4 is 5.32 Å². The summed E-state index contributed by atoms with van der Waals surface area (Å²) in [6.07, 6.45) is 0. The molecule has 0 atom stereocenters. The fourth-order valence-electron chi connectivity index (χ4n) is 2.61. The molecule has 2 aromatic carbocycles. The van der Waals surface area contributed by atoms with Crippen LogP contribution >= 0.6 is 0 Å². The van der Waals surface area contributed by atoms with Crippen molar-refractivity contribution < 1.29 is 29.0 Å². The van der Waals surface area contributed by atoms with Gasteiger partial charge in [-0.15, -0.1) is 0 Å². The molecule has 134 valence electrons. The lowest BCUT2D eigenvalue weighted by molar-refractivity contribution is 0.0582. The fraction of sp³-hybridized carbons (Fsp3) is 0.158. The Morgan fingerprint density at radius 1 is 1.04 bits per heavy atom. The zero-order valence-electron chi connectivity index (χ0n) is 14.5. The summed E-state index contributed by atoms with van der Waals surface area (Å²) in [5, 5.41) is 12.1. The van der Waals surface area contributed by atoms with Gasteiger partial charge < -0.3 is 15.2 Å². The number of anilines is 1. The molecule has 0 aromatic heterocycles. The minimum Gasteiger partial charge on any atom is -0.478 e. The number of amides is 1. The molecule has 2 N–H and O–H groups in total. The van der Waals surface area contributed by atoms with Crippen LogP contribution in [0.2, 0.25) is 0 Å². The Hall–Kier alpha value is -3.48. The summed E-state index contributed by atoms with van der Waals surface area (Å²) >= 11 is 0. The Kier molecular flexibility index (Phi) is 5.51. The van der Waals surface area contributed by atoms with Crippen molar-refractivity contribution >= 4 is 29.3 Å². The molecule has 0 radical (unpaired) electrons. The number of ether oxygens (including phenoxy) is 1. The average Bonchev–Trinajstić information content (AvgIpc) is 2.62. The number of carbonyl (C=O) groups is 4. The van der Waals surface area contributed by atoms with Crippen LogP contribution in [0.15, 0.2) is 36.4 Å². The van der Waals surface area contributed by atoms with Crippen LogP contribution in [0.4, 0.5) is 5.69 Å². The van der Waals surface area contributed by atoms with E-state index in [0.29, 0.717) is 5.56 Å². The molecule has 2 rings (SSSR count). The first kappa shape index (κ1) is 18.9. The van der Waals surface area contributed by atoms with E-state index in [0.717, 1.165) is 7.11 Å². The van der Waals surface area contributed by atoms with Crippen molar-refractivity contribution in [2.24, 2.45) is 0 Å². The largest absolute Gasteiger partial charge is 0.478 e. The number of ketones is 1. The van der Waals surface area contributed by atoms with E-state index < -0.39 is 23.4 Å². The topological polar surface area (TPSA) is 110 Å². The van der Waals surface area contributed by atoms with E-state index in [4.69, 9.17) is 0 Å². The van der Waals surface area contributed by atoms with E-state index in [-0.39, 0.29) is 28.2 Å². The molecular weight excluding hydrogens is 338 g/mol. The van der Waals surface area contributed by atoms with Gasteiger partial charge in [0.2, 0.25) is 0 Å². The molecule has 0 aliphatic heterocycles. The molecule has 0 aliphatic rings. The van der Waals surface area contributed by atoms with E-state index in [2.05, 4.69) is 10.1 Å². The summed E-state index contributed by atoms with van der Waals surface area (Å²) in [5.41, 5.74) is -0.242. The van der Waals surface area contributed by atoms with Gasteiger partial charge in [0.25, 0.3) is 5.91 Å². The van der Waals surface area contributed by atoms with Crippen molar-refractivity contribution in [3.63, 3.8) is 0 Å². The predicted octanol–water partition coefficient (Wildman–Crippen LogP) is 2.93. The van der Waals surface area contributed by atoms with Gasteiger partial charge in [0.05, 0.1) is 23.9 Å². The highest BCUT2D eigenvalue weighted by atomic mass is 16.5. The Labute approximate surface area is 149 Å². The highest BCUT2D eigenvalue weighted by molar-refractivity contribution is 6.14. The molecule has 0 bridgehead atoms. The number of Topliss-reactive ketones (excluding diaryl/α,β-unsaturated/α-hetero) is 1. The zero-order valence-corrected chi connectivity index (χ0v) is 14.5. The number of carboxylic acids is 1. The number of carboxylic acid groups (broad SMARTS) is 1. The molecule has 7 heteroatoms. The van der Waals surface area contributed by atoms with Crippen molar-refractivity contribution in [1.82, 2.24) is 0 Å². The summed E-state index contributed by atoms with van der Waals surface area (Å²) in [6.45, 7) is 2.74. The van der Waals surface area contributed by atoms with Crippen molar-refractivity contribution in [2.75, 3.05) is 12.4 Å². The van der Waals surface area contributed by atoms with E-state index in [1.165, 1.54) is 19.9 Å². The van der Waals surface area contributed by atoms with Crippen LogP contribution in [0.1, 0.15) is 53.9 Å². The smallest absolute Gasteiger partial charge is 0.339 e. The van der Waals surface area contributed by atoms with Gasteiger partial charge in [-0.2, -0.15) is 0 Å². The molecule has 0 heterocycles. The van der Waals surface area contributed by atoms with Crippen LogP contribution in [0.3, 0.4) is 0 Å². The highest BCUT2D eigenvalue weighted by Gasteiger charge is 2.28. The monoisotopic (exact) mass is 355 g/mol. The second kappa shape index (κ2) is 7.60. The van der Waals surface area contributed by atoms with E-state index in [1.54, 1.807) is 30.3 Å². The molecule has 26 heavy (non-hydrogen) atoms. The number of carbonyl (C=O) groups excluding carboxylic acids is 3. The molecule has 7 nitrogen and oxygen atoms in total. The normalized spacial score (nSPS) is 10.1. The van der Waals surface area contributed by atoms with Crippen molar-refractivity contribution in [1.29, 1.82) is 0 Å². The van der Waals surface area contributed by atoms with Gasteiger partial charge >= 0.3 is 11.9 Å². The molecule has 0 spiro atoms. The number of benzene rings is 2. The molecule has 0 saturated carbocycles. The highest BCUT2D eigenvalue weighted by Crippen LogP contribution is 2.29. The number of methoxy groups -OCH3 is 1. The molecule has 0 aliphatic carbocycles. The third kappa shape index (κ3) is 3.61. The Morgan fingerprint density at radius 2 is 1.65 bits per heavy atom. The predicted molar refractivity (Wildman–Crippen MR) is 93.9 cm³/mol. The number of esters is 1. The first-order chi connectivity index (χ1) is 12.3. The van der Waals surface area contributed by atoms with E-state index in [1.807, 2.05) is 0 Å². The van der Waals surface area contributed by atoms with Gasteiger partial charge in [-0.25, -0.2) is 9.59 Å². The minimum absolute atomic E-state index is 0.124. The average molecular weight is 355 g/mol. The number of hydrogen-bond donors (Lipinski definition) is 2. The molecule has 0 saturated heterocycles. The number of nitrogens with one attached hydrogen (secondary N) is 1. The first-order valence-corrected chi connectivity index (χ1v) is 7.64. The fourth-order valence-corrected chi connectivity index (χ4v) is 2.61. The lowest BCUT2D eigenvalue weighted by Gasteiger charge is -2.16. The minimum atomic E-state index is -1.42. The maximum absolute atomic E-state index is 12.4. The van der Waals surface area contributed by atoms with Crippen LogP contribution in [0.25, 0.3) is 0 Å². The molecular formula is C19H17NO6. The van der Waals surface area contributed by atoms with Gasteiger partial charge in [-0.1, -0.05) is 18.2 Å². The van der Waals surface area contributed by atoms with Crippen LogP contribution in [0, 0.1) is 6.92 Å². The van der Waals surface area contributed by atoms with Gasteiger partial charge in [0, 0.05) is 11.1 Å². The lowest BCUT2D eigenvalue weighted by atomic mass is 9.93. The molecule has 0 fully saturated rings. The zero-order chi connectivity index (χ0) is 19.4. The third-order valence-corrected chi connectivity index (χ3v) is 3.85. The first-order valence-electron chi connectivity index (χ1n) is 7.64. The summed E-state index contributed by atoms with van der Waals surface area (Å²) in [6, 6.07) is 9.41. The van der Waals surface area contributed by atoms with E-state index in [9.17, 15) is 24.3 Å². The second-order valence-corrected chi connectivity index (χ2v) is 5.52. The number of aromatic carboxylic acids is 1. The number of hydrogen-bond acceptors (Lipinski definition) is 5. The Bertz CT molecular complexity index is 902. The SMILES string of the molecule is COC(=O)c1c(C)c(C(C)=O)cc(NC(=O)c2ccccc2)c1C(=O)O. The Balaban J connectivity index is 2.69. The lowest BCUT2D eigenvalue weighted by Crippen LogP contribution is -2.20. The van der Waals surface area contributed by atoms with Crippen molar-refractivity contribution in [3.05, 3.63) is 64.2 Å². The summed E-state index contributed by atoms with van der Waals surface area (Å²) in [5.74, 6) is -3.27. The van der Waals surface area contributed by atoms with E-state index >= 15 is 0 Å². The molecule has 1 amide bonds. The molecule has 0 unspecified atom stereocenters. The summed E-state index contributed by atoms with van der Waals surface area (Å²) in [7, 11) is 1.11.